The van der Waals surface area contributed by atoms with Crippen LogP contribution in [0.1, 0.15) is 26.2 Å². The molecule has 2 saturated heterocycles. The van der Waals surface area contributed by atoms with Crippen LogP contribution in [0.5, 0.6) is 0 Å². The Morgan fingerprint density at radius 3 is 2.74 bits per heavy atom. The molecule has 10 heteroatoms. The van der Waals surface area contributed by atoms with Gasteiger partial charge in [0.25, 0.3) is 5.91 Å². The van der Waals surface area contributed by atoms with E-state index in [0.29, 0.717) is 56.4 Å². The van der Waals surface area contributed by atoms with Crippen molar-refractivity contribution >= 4 is 29.1 Å². The van der Waals surface area contributed by atoms with Gasteiger partial charge in [0.05, 0.1) is 26.0 Å². The quantitative estimate of drug-likeness (QED) is 0.679. The number of carbonyl (C=O) groups is 2. The fourth-order valence-electron chi connectivity index (χ4n) is 5.01. The average molecular weight is 479 g/mol. The summed E-state index contributed by atoms with van der Waals surface area (Å²) in [6, 6.07) is 7.60. The molecule has 1 aromatic heterocycles. The number of urea groups is 1. The van der Waals surface area contributed by atoms with Crippen molar-refractivity contribution < 1.29 is 19.1 Å². The molecular weight excluding hydrogens is 448 g/mol. The second kappa shape index (κ2) is 8.76. The Bertz CT molecular complexity index is 1130. The van der Waals surface area contributed by atoms with Gasteiger partial charge in [-0.25, -0.2) is 14.8 Å². The fraction of sp³-hybridized carbons (Fsp3) is 0.520. The molecule has 6 rings (SSSR count). The standard InChI is InChI=1S/C25H30N6O4/c1-25-15-35-11-9-31(25)22-20(30(23(25)32)13-16-8-10-34-14-16)12-26-21(29-22)17-2-4-18(5-3-17)27-24(33)28-19-6-7-19/h2-5,12,16,19H,6-11,13-15H2,1H3,(H2,27,28,33)/t16-,25-/m1/s1. The summed E-state index contributed by atoms with van der Waals surface area (Å²) in [7, 11) is 0. The Morgan fingerprint density at radius 1 is 1.17 bits per heavy atom. The summed E-state index contributed by atoms with van der Waals surface area (Å²) in [6.45, 7) is 5.37. The van der Waals surface area contributed by atoms with Gasteiger partial charge in [-0.2, -0.15) is 0 Å². The third kappa shape index (κ3) is 4.21. The molecule has 0 unspecified atom stereocenters. The maximum atomic E-state index is 13.7. The van der Waals surface area contributed by atoms with Crippen molar-refractivity contribution in [3.05, 3.63) is 30.5 Å². The lowest BCUT2D eigenvalue weighted by molar-refractivity contribution is -0.127. The average Bonchev–Trinajstić information content (AvgIpc) is 3.52. The molecule has 3 amide bonds. The van der Waals surface area contributed by atoms with E-state index in [2.05, 4.69) is 20.5 Å². The van der Waals surface area contributed by atoms with Crippen LogP contribution in [0.15, 0.2) is 30.5 Å². The Hall–Kier alpha value is -3.24. The summed E-state index contributed by atoms with van der Waals surface area (Å²) in [5, 5.41) is 5.78. The van der Waals surface area contributed by atoms with E-state index in [0.717, 1.165) is 42.9 Å². The van der Waals surface area contributed by atoms with E-state index in [4.69, 9.17) is 14.5 Å². The van der Waals surface area contributed by atoms with Gasteiger partial charge >= 0.3 is 6.03 Å². The number of fused-ring (bicyclic) bond motifs is 3. The molecule has 4 heterocycles. The molecule has 3 fully saturated rings. The third-order valence-electron chi connectivity index (χ3n) is 7.22. The molecule has 35 heavy (non-hydrogen) atoms. The predicted molar refractivity (Wildman–Crippen MR) is 130 cm³/mol. The van der Waals surface area contributed by atoms with Crippen molar-refractivity contribution in [1.82, 2.24) is 15.3 Å². The van der Waals surface area contributed by atoms with Gasteiger partial charge in [-0.1, -0.05) is 0 Å². The molecule has 2 aromatic rings. The molecule has 1 aromatic carbocycles. The molecule has 1 saturated carbocycles. The topological polar surface area (TPSA) is 109 Å². The lowest BCUT2D eigenvalue weighted by Crippen LogP contribution is -2.67. The number of anilines is 3. The largest absolute Gasteiger partial charge is 0.381 e. The van der Waals surface area contributed by atoms with Gasteiger partial charge in [-0.15, -0.1) is 0 Å². The predicted octanol–water partition coefficient (Wildman–Crippen LogP) is 2.41. The highest BCUT2D eigenvalue weighted by molar-refractivity contribution is 6.07. The minimum Gasteiger partial charge on any atom is -0.381 e. The SMILES string of the molecule is C[C@]12COCCN1c1nc(-c3ccc(NC(=O)NC4CC4)cc3)ncc1N(C[C@H]1CCOC1)C2=O. The van der Waals surface area contributed by atoms with Gasteiger partial charge in [-0.05, 0) is 50.5 Å². The molecule has 4 aliphatic rings. The molecule has 10 nitrogen and oxygen atoms in total. The first-order valence-corrected chi connectivity index (χ1v) is 12.3. The molecule has 0 radical (unpaired) electrons. The number of morpholine rings is 1. The maximum Gasteiger partial charge on any atom is 0.319 e. The third-order valence-corrected chi connectivity index (χ3v) is 7.22. The molecule has 2 N–H and O–H groups in total. The van der Waals surface area contributed by atoms with Crippen LogP contribution in [0.4, 0.5) is 22.0 Å². The summed E-state index contributed by atoms with van der Waals surface area (Å²) in [5.41, 5.74) is 1.48. The smallest absolute Gasteiger partial charge is 0.319 e. The van der Waals surface area contributed by atoms with Crippen LogP contribution < -0.4 is 20.4 Å². The lowest BCUT2D eigenvalue weighted by Gasteiger charge is -2.50. The molecule has 0 spiro atoms. The number of ether oxygens (including phenoxy) is 2. The normalized spacial score (nSPS) is 25.7. The molecule has 0 bridgehead atoms. The highest BCUT2D eigenvalue weighted by atomic mass is 16.5. The van der Waals surface area contributed by atoms with E-state index < -0.39 is 5.54 Å². The summed E-state index contributed by atoms with van der Waals surface area (Å²) in [6.07, 6.45) is 4.78. The molecule has 3 aliphatic heterocycles. The summed E-state index contributed by atoms with van der Waals surface area (Å²) >= 11 is 0. The van der Waals surface area contributed by atoms with Crippen LogP contribution in [-0.2, 0) is 14.3 Å². The van der Waals surface area contributed by atoms with Gasteiger partial charge in [0.15, 0.2) is 11.6 Å². The van der Waals surface area contributed by atoms with Crippen LogP contribution in [0.25, 0.3) is 11.4 Å². The number of benzene rings is 1. The van der Waals surface area contributed by atoms with E-state index in [1.54, 1.807) is 6.20 Å². The lowest BCUT2D eigenvalue weighted by atomic mass is 9.93. The molecule has 184 valence electrons. The number of amides is 3. The number of aromatic nitrogens is 2. The van der Waals surface area contributed by atoms with Crippen LogP contribution in [-0.4, -0.2) is 73.0 Å². The van der Waals surface area contributed by atoms with Gasteiger partial charge in [-0.3, -0.25) is 4.79 Å². The Labute approximate surface area is 204 Å². The Morgan fingerprint density at radius 2 is 2.00 bits per heavy atom. The second-order valence-corrected chi connectivity index (χ2v) is 9.98. The van der Waals surface area contributed by atoms with Gasteiger partial charge in [0.2, 0.25) is 0 Å². The van der Waals surface area contributed by atoms with Crippen molar-refractivity contribution in [2.45, 2.75) is 37.8 Å². The first-order chi connectivity index (χ1) is 17.0. The molecule has 2 atom stereocenters. The number of rotatable bonds is 5. The van der Waals surface area contributed by atoms with Crippen molar-refractivity contribution in [2.24, 2.45) is 5.92 Å². The zero-order valence-corrected chi connectivity index (χ0v) is 19.8. The van der Waals surface area contributed by atoms with Crippen molar-refractivity contribution in [1.29, 1.82) is 0 Å². The van der Waals surface area contributed by atoms with Crippen molar-refractivity contribution in [3.8, 4) is 11.4 Å². The van der Waals surface area contributed by atoms with Crippen molar-refractivity contribution in [2.75, 3.05) is 54.6 Å². The summed E-state index contributed by atoms with van der Waals surface area (Å²) in [5.74, 6) is 1.64. The second-order valence-electron chi connectivity index (χ2n) is 9.98. The number of nitrogens with zero attached hydrogens (tertiary/aromatic N) is 4. The van der Waals surface area contributed by atoms with Gasteiger partial charge in [0, 0.05) is 42.9 Å². The zero-order valence-electron chi connectivity index (χ0n) is 19.8. The van der Waals surface area contributed by atoms with Crippen LogP contribution in [0.3, 0.4) is 0 Å². The Balaban J connectivity index is 1.29. The number of carbonyl (C=O) groups excluding carboxylic acids is 2. The minimum atomic E-state index is -0.807. The van der Waals surface area contributed by atoms with Gasteiger partial charge < -0.3 is 29.9 Å². The molecular formula is C25H30N6O4. The monoisotopic (exact) mass is 478 g/mol. The molecule has 1 aliphatic carbocycles. The fourth-order valence-corrected chi connectivity index (χ4v) is 5.01. The number of nitrogens with one attached hydrogen (secondary N) is 2. The first-order valence-electron chi connectivity index (χ1n) is 12.3. The van der Waals surface area contributed by atoms with Crippen molar-refractivity contribution in [3.63, 3.8) is 0 Å². The number of hydrogen-bond acceptors (Lipinski definition) is 7. The highest BCUT2D eigenvalue weighted by Crippen LogP contribution is 2.41. The summed E-state index contributed by atoms with van der Waals surface area (Å²) in [4.78, 5) is 39.1. The minimum absolute atomic E-state index is 0.0212. The van der Waals surface area contributed by atoms with Crippen LogP contribution >= 0.6 is 0 Å². The highest BCUT2D eigenvalue weighted by Gasteiger charge is 2.51. The van der Waals surface area contributed by atoms with E-state index >= 15 is 0 Å². The first kappa shape index (κ1) is 22.2. The summed E-state index contributed by atoms with van der Waals surface area (Å²) < 4.78 is 11.3. The van der Waals surface area contributed by atoms with Gasteiger partial charge in [0.1, 0.15) is 11.2 Å². The van der Waals surface area contributed by atoms with Crippen LogP contribution in [0, 0.1) is 5.92 Å². The number of hydrogen-bond donors (Lipinski definition) is 2. The van der Waals surface area contributed by atoms with Crippen LogP contribution in [0.2, 0.25) is 0 Å². The van der Waals surface area contributed by atoms with E-state index in [1.807, 2.05) is 36.1 Å². The van der Waals surface area contributed by atoms with E-state index in [-0.39, 0.29) is 11.9 Å². The maximum absolute atomic E-state index is 13.7. The van der Waals surface area contributed by atoms with E-state index in [1.165, 1.54) is 0 Å². The van der Waals surface area contributed by atoms with E-state index in [9.17, 15) is 9.59 Å². The zero-order chi connectivity index (χ0) is 24.0. The Kier molecular flexibility index (Phi) is 5.57.